The summed E-state index contributed by atoms with van der Waals surface area (Å²) < 4.78 is 5.35. The molecule has 0 N–H and O–H groups in total. The van der Waals surface area contributed by atoms with Crippen molar-refractivity contribution >= 4 is 19.8 Å². The van der Waals surface area contributed by atoms with Gasteiger partial charge in [-0.25, -0.2) is 0 Å². The van der Waals surface area contributed by atoms with Crippen LogP contribution >= 0.6 is 19.8 Å². The van der Waals surface area contributed by atoms with Gasteiger partial charge in [0.05, 0.1) is 0 Å². The molecule has 1 saturated heterocycles. The van der Waals surface area contributed by atoms with E-state index in [2.05, 4.69) is 10.7 Å². The Kier molecular flexibility index (Phi) is 2.16. The standard InChI is InChI=1S/C6H11I/c1-2-7-5-3-4-6-7/h2H,1,3-6H2. The predicted molar refractivity (Wildman–Crippen MR) is 43.2 cm³/mol. The third kappa shape index (κ3) is 1.44. The Morgan fingerprint density at radius 2 is 1.86 bits per heavy atom. The zero-order chi connectivity index (χ0) is 5.11. The first kappa shape index (κ1) is 5.60. The van der Waals surface area contributed by atoms with E-state index in [0.717, 1.165) is 0 Å². The van der Waals surface area contributed by atoms with E-state index in [9.17, 15) is 0 Å². The molecule has 0 spiro atoms. The Hall–Kier alpha value is 0.470. The van der Waals surface area contributed by atoms with E-state index in [4.69, 9.17) is 0 Å². The number of hydrogen-bond donors (Lipinski definition) is 0. The molecule has 0 amide bonds. The van der Waals surface area contributed by atoms with Crippen LogP contribution in [0.3, 0.4) is 0 Å². The molecule has 0 radical (unpaired) electrons. The van der Waals surface area contributed by atoms with Crippen LogP contribution in [0.5, 0.6) is 0 Å². The zero-order valence-corrected chi connectivity index (χ0v) is 6.65. The van der Waals surface area contributed by atoms with Crippen molar-refractivity contribution in [2.75, 3.05) is 8.86 Å². The van der Waals surface area contributed by atoms with Crippen molar-refractivity contribution in [3.63, 3.8) is 0 Å². The van der Waals surface area contributed by atoms with Gasteiger partial charge in [0.25, 0.3) is 0 Å². The van der Waals surface area contributed by atoms with Gasteiger partial charge in [0.2, 0.25) is 0 Å². The molecule has 0 aromatic rings. The van der Waals surface area contributed by atoms with E-state index in [1.54, 1.807) is 8.86 Å². The summed E-state index contributed by atoms with van der Waals surface area (Å²) in [5.41, 5.74) is 0. The Bertz CT molecular complexity index is 62.6. The number of rotatable bonds is 1. The fraction of sp³-hybridized carbons (Fsp3) is 0.667. The van der Waals surface area contributed by atoms with Crippen molar-refractivity contribution in [3.05, 3.63) is 10.7 Å². The molecular weight excluding hydrogens is 199 g/mol. The van der Waals surface area contributed by atoms with Crippen LogP contribution in [0.2, 0.25) is 0 Å². The normalized spacial score (nSPS) is 25.4. The molecule has 1 aliphatic rings. The second kappa shape index (κ2) is 2.70. The Balaban J connectivity index is 2.26. The quantitative estimate of drug-likeness (QED) is 0.460. The fourth-order valence-corrected chi connectivity index (χ4v) is 5.24. The number of halogens is 1. The topological polar surface area (TPSA) is 0 Å². The monoisotopic (exact) mass is 210 g/mol. The van der Waals surface area contributed by atoms with Crippen molar-refractivity contribution in [1.29, 1.82) is 0 Å². The third-order valence-corrected chi connectivity index (χ3v) is 6.76. The molecule has 1 heterocycles. The van der Waals surface area contributed by atoms with Gasteiger partial charge >= 0.3 is 52.2 Å². The molecule has 1 rings (SSSR count). The summed E-state index contributed by atoms with van der Waals surface area (Å²) in [5.74, 6) is 0. The molecule has 42 valence electrons. The molecule has 0 saturated carbocycles. The van der Waals surface area contributed by atoms with Gasteiger partial charge in [-0.15, -0.1) is 0 Å². The van der Waals surface area contributed by atoms with Crippen LogP contribution in [-0.4, -0.2) is 8.86 Å². The molecule has 1 aliphatic heterocycles. The molecule has 0 aromatic heterocycles. The van der Waals surface area contributed by atoms with Crippen LogP contribution in [0.4, 0.5) is 0 Å². The van der Waals surface area contributed by atoms with Gasteiger partial charge in [-0.2, -0.15) is 0 Å². The molecule has 0 aromatic carbocycles. The van der Waals surface area contributed by atoms with Crippen molar-refractivity contribution in [1.82, 2.24) is 0 Å². The number of alkyl halides is 2. The van der Waals surface area contributed by atoms with Gasteiger partial charge < -0.3 is 0 Å². The summed E-state index contributed by atoms with van der Waals surface area (Å²) in [7, 11) is 0. The first-order valence-electron chi connectivity index (χ1n) is 2.66. The molecule has 0 unspecified atom stereocenters. The first-order valence-corrected chi connectivity index (χ1v) is 6.96. The maximum atomic E-state index is 3.81. The maximum absolute atomic E-state index is 3.81. The van der Waals surface area contributed by atoms with Gasteiger partial charge in [-0.3, -0.25) is 0 Å². The summed E-state index contributed by atoms with van der Waals surface area (Å²) in [5, 5.41) is 0. The zero-order valence-electron chi connectivity index (χ0n) is 4.49. The second-order valence-electron chi connectivity index (χ2n) is 1.74. The molecular formula is C6H11I. The van der Waals surface area contributed by atoms with E-state index in [1.807, 2.05) is 0 Å². The number of hydrogen-bond acceptors (Lipinski definition) is 0. The third-order valence-electron chi connectivity index (χ3n) is 1.22. The van der Waals surface area contributed by atoms with E-state index < -0.39 is 19.8 Å². The SMILES string of the molecule is C=CI1CCCC1. The molecule has 0 aliphatic carbocycles. The summed E-state index contributed by atoms with van der Waals surface area (Å²) in [4.78, 5) is 0. The molecule has 1 heteroatoms. The van der Waals surface area contributed by atoms with Gasteiger partial charge in [-0.05, 0) is 0 Å². The average molecular weight is 210 g/mol. The van der Waals surface area contributed by atoms with Crippen LogP contribution in [0.15, 0.2) is 10.7 Å². The summed E-state index contributed by atoms with van der Waals surface area (Å²) in [6.07, 6.45) is 2.99. The fourth-order valence-electron chi connectivity index (χ4n) is 0.781. The van der Waals surface area contributed by atoms with Crippen LogP contribution in [0.1, 0.15) is 12.8 Å². The van der Waals surface area contributed by atoms with Crippen LogP contribution in [0.25, 0.3) is 0 Å². The average Bonchev–Trinajstić information content (AvgIpc) is 2.14. The molecule has 7 heavy (non-hydrogen) atoms. The minimum atomic E-state index is -0.444. The first-order chi connectivity index (χ1) is 3.43. The van der Waals surface area contributed by atoms with Crippen molar-refractivity contribution in [2.45, 2.75) is 12.8 Å². The second-order valence-corrected chi connectivity index (χ2v) is 7.62. The van der Waals surface area contributed by atoms with Crippen molar-refractivity contribution < 1.29 is 0 Å². The molecule has 0 bridgehead atoms. The predicted octanol–water partition coefficient (Wildman–Crippen LogP) is 2.43. The Labute approximate surface area is 52.4 Å². The molecule has 0 nitrogen and oxygen atoms in total. The summed E-state index contributed by atoms with van der Waals surface area (Å²) in [6.45, 7) is 3.81. The Morgan fingerprint density at radius 3 is 2.14 bits per heavy atom. The molecule has 1 fully saturated rings. The van der Waals surface area contributed by atoms with Gasteiger partial charge in [0.15, 0.2) is 0 Å². The van der Waals surface area contributed by atoms with Crippen molar-refractivity contribution in [2.24, 2.45) is 0 Å². The van der Waals surface area contributed by atoms with Crippen molar-refractivity contribution in [3.8, 4) is 0 Å². The van der Waals surface area contributed by atoms with E-state index >= 15 is 0 Å². The van der Waals surface area contributed by atoms with Gasteiger partial charge in [-0.1, -0.05) is 0 Å². The van der Waals surface area contributed by atoms with Crippen LogP contribution < -0.4 is 0 Å². The molecule has 0 atom stereocenters. The summed E-state index contributed by atoms with van der Waals surface area (Å²) >= 11 is -0.444. The van der Waals surface area contributed by atoms with E-state index in [1.165, 1.54) is 12.8 Å². The van der Waals surface area contributed by atoms with E-state index in [-0.39, 0.29) is 0 Å². The Morgan fingerprint density at radius 1 is 1.29 bits per heavy atom. The van der Waals surface area contributed by atoms with Crippen LogP contribution in [0, 0.1) is 0 Å². The van der Waals surface area contributed by atoms with Crippen LogP contribution in [-0.2, 0) is 0 Å². The van der Waals surface area contributed by atoms with Gasteiger partial charge in [0, 0.05) is 0 Å². The minimum absolute atomic E-state index is 0.444. The summed E-state index contributed by atoms with van der Waals surface area (Å²) in [6, 6.07) is 0. The van der Waals surface area contributed by atoms with E-state index in [0.29, 0.717) is 0 Å². The van der Waals surface area contributed by atoms with Gasteiger partial charge in [0.1, 0.15) is 0 Å².